The molecule has 1 aromatic rings. The number of benzene rings is 1. The van der Waals surface area contributed by atoms with Gasteiger partial charge in [0.25, 0.3) is 0 Å². The third-order valence-electron chi connectivity index (χ3n) is 5.24. The molecule has 1 aliphatic rings. The summed E-state index contributed by atoms with van der Waals surface area (Å²) in [6.07, 6.45) is 9.22. The number of hydrogen-bond donors (Lipinski definition) is 0. The van der Waals surface area contributed by atoms with Crippen LogP contribution in [0, 0.1) is 11.3 Å². The molecule has 1 saturated carbocycles. The van der Waals surface area contributed by atoms with Crippen molar-refractivity contribution in [3.05, 3.63) is 34.9 Å². The van der Waals surface area contributed by atoms with Crippen molar-refractivity contribution in [2.45, 2.75) is 77.5 Å². The summed E-state index contributed by atoms with van der Waals surface area (Å²) in [5, 5.41) is 0. The van der Waals surface area contributed by atoms with Gasteiger partial charge < -0.3 is 0 Å². The van der Waals surface area contributed by atoms with Gasteiger partial charge in [0.05, 0.1) is 0 Å². The second-order valence-corrected chi connectivity index (χ2v) is 8.18. The number of rotatable bonds is 6. The standard InChI is InChI=1S/C20H31Br/c1-5-16-9-10-18(13-17(16)6-2)19(21)20(14-15(3)4)11-7-8-12-20/h9-10,13,15,19H,5-8,11-12,14H2,1-4H3. The second kappa shape index (κ2) is 7.31. The van der Waals surface area contributed by atoms with Crippen molar-refractivity contribution in [3.63, 3.8) is 0 Å². The smallest absolute Gasteiger partial charge is 0.0451 e. The van der Waals surface area contributed by atoms with Crippen LogP contribution in [0.4, 0.5) is 0 Å². The molecule has 0 saturated heterocycles. The molecule has 1 heteroatoms. The molecule has 21 heavy (non-hydrogen) atoms. The van der Waals surface area contributed by atoms with E-state index in [1.165, 1.54) is 48.8 Å². The van der Waals surface area contributed by atoms with Gasteiger partial charge in [-0.15, -0.1) is 0 Å². The van der Waals surface area contributed by atoms with Crippen molar-refractivity contribution in [1.82, 2.24) is 0 Å². The summed E-state index contributed by atoms with van der Waals surface area (Å²) < 4.78 is 0. The highest BCUT2D eigenvalue weighted by Crippen LogP contribution is 2.55. The minimum absolute atomic E-state index is 0.479. The molecule has 0 nitrogen and oxygen atoms in total. The van der Waals surface area contributed by atoms with Crippen LogP contribution in [0.15, 0.2) is 18.2 Å². The molecule has 0 bridgehead atoms. The monoisotopic (exact) mass is 350 g/mol. The van der Waals surface area contributed by atoms with Gasteiger partial charge in [-0.3, -0.25) is 0 Å². The summed E-state index contributed by atoms with van der Waals surface area (Å²) in [5.41, 5.74) is 5.04. The van der Waals surface area contributed by atoms with Crippen LogP contribution in [0.1, 0.15) is 81.3 Å². The molecule has 1 aromatic carbocycles. The van der Waals surface area contributed by atoms with Gasteiger partial charge in [0.15, 0.2) is 0 Å². The fraction of sp³-hybridized carbons (Fsp3) is 0.700. The summed E-state index contributed by atoms with van der Waals surface area (Å²) in [5.74, 6) is 0.781. The number of halogens is 1. The lowest BCUT2D eigenvalue weighted by atomic mass is 9.73. The fourth-order valence-electron chi connectivity index (χ4n) is 4.28. The first-order valence-electron chi connectivity index (χ1n) is 8.78. The van der Waals surface area contributed by atoms with E-state index in [4.69, 9.17) is 0 Å². The Kier molecular flexibility index (Phi) is 5.94. The lowest BCUT2D eigenvalue weighted by Crippen LogP contribution is -2.24. The van der Waals surface area contributed by atoms with E-state index < -0.39 is 0 Å². The van der Waals surface area contributed by atoms with E-state index in [-0.39, 0.29) is 0 Å². The van der Waals surface area contributed by atoms with Crippen molar-refractivity contribution in [2.75, 3.05) is 0 Å². The van der Waals surface area contributed by atoms with Gasteiger partial charge in [-0.05, 0) is 60.1 Å². The lowest BCUT2D eigenvalue weighted by Gasteiger charge is -2.36. The molecule has 1 atom stereocenters. The Hall–Kier alpha value is -0.300. The van der Waals surface area contributed by atoms with Gasteiger partial charge in [0.1, 0.15) is 0 Å². The molecule has 0 aliphatic heterocycles. The Morgan fingerprint density at radius 3 is 2.19 bits per heavy atom. The zero-order valence-corrected chi connectivity index (χ0v) is 15.8. The van der Waals surface area contributed by atoms with Gasteiger partial charge in [0.2, 0.25) is 0 Å². The second-order valence-electron chi connectivity index (χ2n) is 7.27. The zero-order valence-electron chi connectivity index (χ0n) is 14.2. The Balaban J connectivity index is 2.30. The Morgan fingerprint density at radius 1 is 1.05 bits per heavy atom. The molecular weight excluding hydrogens is 320 g/mol. The van der Waals surface area contributed by atoms with Crippen molar-refractivity contribution in [1.29, 1.82) is 0 Å². The molecule has 2 rings (SSSR count). The molecule has 0 amide bonds. The summed E-state index contributed by atoms with van der Waals surface area (Å²) in [6, 6.07) is 7.21. The average Bonchev–Trinajstić information content (AvgIpc) is 2.94. The molecule has 0 aromatic heterocycles. The van der Waals surface area contributed by atoms with Crippen LogP contribution >= 0.6 is 15.9 Å². The molecule has 0 radical (unpaired) electrons. The summed E-state index contributed by atoms with van der Waals surface area (Å²) in [6.45, 7) is 9.28. The SMILES string of the molecule is CCc1ccc(C(Br)C2(CC(C)C)CCCC2)cc1CC. The Labute approximate surface area is 139 Å². The molecule has 0 spiro atoms. The largest absolute Gasteiger partial charge is 0.0833 e. The highest BCUT2D eigenvalue weighted by molar-refractivity contribution is 9.09. The average molecular weight is 351 g/mol. The molecular formula is C20H31Br. The van der Waals surface area contributed by atoms with E-state index in [1.807, 2.05) is 0 Å². The molecule has 0 N–H and O–H groups in total. The topological polar surface area (TPSA) is 0 Å². The van der Waals surface area contributed by atoms with E-state index in [0.29, 0.717) is 10.2 Å². The van der Waals surface area contributed by atoms with Crippen LogP contribution in [-0.2, 0) is 12.8 Å². The van der Waals surface area contributed by atoms with E-state index in [2.05, 4.69) is 61.8 Å². The number of aryl methyl sites for hydroxylation is 2. The third kappa shape index (κ3) is 3.73. The summed E-state index contributed by atoms with van der Waals surface area (Å²) >= 11 is 4.11. The molecule has 1 unspecified atom stereocenters. The highest BCUT2D eigenvalue weighted by Gasteiger charge is 2.41. The fourth-order valence-corrected chi connectivity index (χ4v) is 5.21. The first kappa shape index (κ1) is 17.1. The minimum Gasteiger partial charge on any atom is -0.0833 e. The zero-order chi connectivity index (χ0) is 15.5. The Bertz CT molecular complexity index is 455. The summed E-state index contributed by atoms with van der Waals surface area (Å²) in [4.78, 5) is 0.520. The summed E-state index contributed by atoms with van der Waals surface area (Å²) in [7, 11) is 0. The number of hydrogen-bond acceptors (Lipinski definition) is 0. The van der Waals surface area contributed by atoms with E-state index in [1.54, 1.807) is 0 Å². The molecule has 0 heterocycles. The van der Waals surface area contributed by atoms with Gasteiger partial charge >= 0.3 is 0 Å². The van der Waals surface area contributed by atoms with Crippen LogP contribution < -0.4 is 0 Å². The van der Waals surface area contributed by atoms with Crippen LogP contribution in [0.3, 0.4) is 0 Å². The van der Waals surface area contributed by atoms with E-state index in [9.17, 15) is 0 Å². The van der Waals surface area contributed by atoms with Crippen LogP contribution in [-0.4, -0.2) is 0 Å². The lowest BCUT2D eigenvalue weighted by molar-refractivity contribution is 0.230. The van der Waals surface area contributed by atoms with Gasteiger partial charge in [-0.2, -0.15) is 0 Å². The maximum atomic E-state index is 4.11. The van der Waals surface area contributed by atoms with E-state index in [0.717, 1.165) is 18.8 Å². The highest BCUT2D eigenvalue weighted by atomic mass is 79.9. The first-order chi connectivity index (χ1) is 10.0. The Morgan fingerprint density at radius 2 is 1.67 bits per heavy atom. The number of alkyl halides is 1. The maximum absolute atomic E-state index is 4.11. The molecule has 1 fully saturated rings. The van der Waals surface area contributed by atoms with Gasteiger partial charge in [0, 0.05) is 4.83 Å². The van der Waals surface area contributed by atoms with Crippen molar-refractivity contribution in [2.24, 2.45) is 11.3 Å². The first-order valence-corrected chi connectivity index (χ1v) is 9.69. The third-order valence-corrected chi connectivity index (χ3v) is 6.74. The normalized spacial score (nSPS) is 19.1. The van der Waals surface area contributed by atoms with Crippen molar-refractivity contribution in [3.8, 4) is 0 Å². The van der Waals surface area contributed by atoms with Crippen LogP contribution in [0.25, 0.3) is 0 Å². The van der Waals surface area contributed by atoms with Crippen molar-refractivity contribution >= 4 is 15.9 Å². The van der Waals surface area contributed by atoms with Crippen LogP contribution in [0.2, 0.25) is 0 Å². The van der Waals surface area contributed by atoms with Crippen molar-refractivity contribution < 1.29 is 0 Å². The predicted octanol–water partition coefficient (Wildman–Crippen LogP) is 6.85. The van der Waals surface area contributed by atoms with Gasteiger partial charge in [-0.25, -0.2) is 0 Å². The predicted molar refractivity (Wildman–Crippen MR) is 97.2 cm³/mol. The maximum Gasteiger partial charge on any atom is 0.0451 e. The molecule has 1 aliphatic carbocycles. The van der Waals surface area contributed by atoms with Crippen LogP contribution in [0.5, 0.6) is 0 Å². The van der Waals surface area contributed by atoms with E-state index >= 15 is 0 Å². The van der Waals surface area contributed by atoms with Gasteiger partial charge in [-0.1, -0.05) is 74.7 Å². The molecule has 118 valence electrons. The minimum atomic E-state index is 0.479. The quantitative estimate of drug-likeness (QED) is 0.491.